The SMILES string of the molecule is COc1cccc(OCC(=O)Nc2ccc(S(=O)(=O)Nc3cc(C)on3)cc2)c1. The largest absolute Gasteiger partial charge is 0.497 e. The van der Waals surface area contributed by atoms with Crippen LogP contribution in [0.25, 0.3) is 0 Å². The highest BCUT2D eigenvalue weighted by molar-refractivity contribution is 7.92. The first-order chi connectivity index (χ1) is 13.9. The molecule has 0 radical (unpaired) electrons. The highest BCUT2D eigenvalue weighted by Crippen LogP contribution is 2.20. The van der Waals surface area contributed by atoms with Crippen molar-refractivity contribution in [2.75, 3.05) is 23.8 Å². The summed E-state index contributed by atoms with van der Waals surface area (Å²) in [5.41, 5.74) is 0.431. The Bertz CT molecular complexity index is 1090. The minimum Gasteiger partial charge on any atom is -0.497 e. The van der Waals surface area contributed by atoms with E-state index < -0.39 is 10.0 Å². The molecule has 2 aromatic carbocycles. The molecule has 2 N–H and O–H groups in total. The zero-order valence-corrected chi connectivity index (χ0v) is 16.5. The Morgan fingerprint density at radius 1 is 1.10 bits per heavy atom. The number of hydrogen-bond donors (Lipinski definition) is 2. The van der Waals surface area contributed by atoms with Gasteiger partial charge in [0, 0.05) is 17.8 Å². The third kappa shape index (κ3) is 5.48. The second kappa shape index (κ2) is 8.65. The highest BCUT2D eigenvalue weighted by atomic mass is 32.2. The summed E-state index contributed by atoms with van der Waals surface area (Å²) >= 11 is 0. The van der Waals surface area contributed by atoms with Gasteiger partial charge >= 0.3 is 0 Å². The quantitative estimate of drug-likeness (QED) is 0.578. The molecule has 0 bridgehead atoms. The zero-order chi connectivity index (χ0) is 20.9. The number of amides is 1. The van der Waals surface area contributed by atoms with E-state index in [1.165, 1.54) is 37.4 Å². The lowest BCUT2D eigenvalue weighted by atomic mass is 10.3. The molecular weight excluding hydrogens is 398 g/mol. The molecule has 0 spiro atoms. The normalized spacial score (nSPS) is 11.0. The van der Waals surface area contributed by atoms with E-state index in [0.29, 0.717) is 22.9 Å². The van der Waals surface area contributed by atoms with Crippen LogP contribution in [0, 0.1) is 6.92 Å². The molecule has 0 atom stereocenters. The van der Waals surface area contributed by atoms with Crippen LogP contribution in [-0.4, -0.2) is 33.2 Å². The van der Waals surface area contributed by atoms with E-state index in [4.69, 9.17) is 14.0 Å². The lowest BCUT2D eigenvalue weighted by molar-refractivity contribution is -0.118. The maximum Gasteiger partial charge on any atom is 0.263 e. The molecule has 29 heavy (non-hydrogen) atoms. The van der Waals surface area contributed by atoms with Gasteiger partial charge in [0.05, 0.1) is 12.0 Å². The summed E-state index contributed by atoms with van der Waals surface area (Å²) in [6.45, 7) is 1.45. The Kier molecular flexibility index (Phi) is 6.03. The zero-order valence-electron chi connectivity index (χ0n) is 15.7. The molecule has 9 nitrogen and oxygen atoms in total. The van der Waals surface area contributed by atoms with Gasteiger partial charge in [0.2, 0.25) is 0 Å². The van der Waals surface area contributed by atoms with Gasteiger partial charge in [-0.1, -0.05) is 11.2 Å². The van der Waals surface area contributed by atoms with Crippen molar-refractivity contribution < 1.29 is 27.2 Å². The van der Waals surface area contributed by atoms with Gasteiger partial charge in [-0.05, 0) is 43.3 Å². The van der Waals surface area contributed by atoms with Gasteiger partial charge in [0.15, 0.2) is 12.4 Å². The molecule has 0 fully saturated rings. The molecule has 1 heterocycles. The maximum absolute atomic E-state index is 12.3. The van der Waals surface area contributed by atoms with Crippen molar-refractivity contribution in [3.63, 3.8) is 0 Å². The number of carbonyl (C=O) groups excluding carboxylic acids is 1. The van der Waals surface area contributed by atoms with Crippen LogP contribution in [0.5, 0.6) is 11.5 Å². The minimum absolute atomic E-state index is 0.0174. The summed E-state index contributed by atoms with van der Waals surface area (Å²) < 4.78 is 42.3. The number of rotatable bonds is 8. The van der Waals surface area contributed by atoms with Crippen LogP contribution in [0.2, 0.25) is 0 Å². The standard InChI is InChI=1S/C19H19N3O6S/c1-13-10-18(21-28-13)22-29(24,25)17-8-6-14(7-9-17)20-19(23)12-27-16-5-3-4-15(11-16)26-2/h3-11H,12H2,1-2H3,(H,20,23)(H,21,22). The summed E-state index contributed by atoms with van der Waals surface area (Å²) in [5, 5.41) is 6.23. The van der Waals surface area contributed by atoms with Gasteiger partial charge in [0.1, 0.15) is 17.3 Å². The second-order valence-corrected chi connectivity index (χ2v) is 7.65. The van der Waals surface area contributed by atoms with E-state index in [1.807, 2.05) is 0 Å². The average Bonchev–Trinajstić information content (AvgIpc) is 3.11. The van der Waals surface area contributed by atoms with Crippen molar-refractivity contribution in [1.82, 2.24) is 5.16 Å². The third-order valence-corrected chi connectivity index (χ3v) is 5.10. The van der Waals surface area contributed by atoms with E-state index >= 15 is 0 Å². The first kappa shape index (κ1) is 20.2. The maximum atomic E-state index is 12.3. The molecule has 0 unspecified atom stereocenters. The monoisotopic (exact) mass is 417 g/mol. The third-order valence-electron chi connectivity index (χ3n) is 3.73. The summed E-state index contributed by atoms with van der Waals surface area (Å²) in [6, 6.07) is 14.0. The van der Waals surface area contributed by atoms with Crippen LogP contribution in [0.3, 0.4) is 0 Å². The van der Waals surface area contributed by atoms with Crippen LogP contribution in [0.15, 0.2) is 64.0 Å². The molecule has 152 valence electrons. The Hall–Kier alpha value is -3.53. The summed E-state index contributed by atoms with van der Waals surface area (Å²) in [6.07, 6.45) is 0. The van der Waals surface area contributed by atoms with E-state index in [9.17, 15) is 13.2 Å². The fourth-order valence-electron chi connectivity index (χ4n) is 2.37. The van der Waals surface area contributed by atoms with E-state index in [-0.39, 0.29) is 23.2 Å². The smallest absolute Gasteiger partial charge is 0.263 e. The molecular formula is C19H19N3O6S. The molecule has 3 rings (SSSR count). The number of ether oxygens (including phenoxy) is 2. The Labute approximate surface area is 167 Å². The first-order valence-corrected chi connectivity index (χ1v) is 9.97. The van der Waals surface area contributed by atoms with Crippen LogP contribution in [-0.2, 0) is 14.8 Å². The van der Waals surface area contributed by atoms with Crippen molar-refractivity contribution >= 4 is 27.4 Å². The van der Waals surface area contributed by atoms with Crippen LogP contribution < -0.4 is 19.5 Å². The van der Waals surface area contributed by atoms with Gasteiger partial charge < -0.3 is 19.3 Å². The Balaban J connectivity index is 1.57. The van der Waals surface area contributed by atoms with Crippen molar-refractivity contribution in [3.05, 3.63) is 60.4 Å². The van der Waals surface area contributed by atoms with Gasteiger partial charge in [-0.2, -0.15) is 0 Å². The number of nitrogens with one attached hydrogen (secondary N) is 2. The number of aryl methyl sites for hydroxylation is 1. The molecule has 1 amide bonds. The van der Waals surface area contributed by atoms with E-state index in [0.717, 1.165) is 0 Å². The summed E-state index contributed by atoms with van der Waals surface area (Å²) in [5.74, 6) is 1.30. The van der Waals surface area contributed by atoms with Crippen LogP contribution >= 0.6 is 0 Å². The Morgan fingerprint density at radius 3 is 2.48 bits per heavy atom. The molecule has 0 aliphatic carbocycles. The molecule has 10 heteroatoms. The predicted octanol–water partition coefficient (Wildman–Crippen LogP) is 2.81. The highest BCUT2D eigenvalue weighted by Gasteiger charge is 2.16. The average molecular weight is 417 g/mol. The van der Waals surface area contributed by atoms with Gasteiger partial charge in [-0.15, -0.1) is 0 Å². The fraction of sp³-hybridized carbons (Fsp3) is 0.158. The number of sulfonamides is 1. The molecule has 3 aromatic rings. The minimum atomic E-state index is -3.82. The first-order valence-electron chi connectivity index (χ1n) is 8.48. The molecule has 0 aliphatic rings. The number of nitrogens with zero attached hydrogens (tertiary/aromatic N) is 1. The molecule has 0 aliphatic heterocycles. The van der Waals surface area contributed by atoms with E-state index in [1.54, 1.807) is 31.2 Å². The number of carbonyl (C=O) groups is 1. The summed E-state index contributed by atoms with van der Waals surface area (Å²) in [7, 11) is -2.28. The molecule has 1 aromatic heterocycles. The second-order valence-electron chi connectivity index (χ2n) is 5.97. The van der Waals surface area contributed by atoms with Gasteiger partial charge in [-0.3, -0.25) is 9.52 Å². The predicted molar refractivity (Wildman–Crippen MR) is 106 cm³/mol. The van der Waals surface area contributed by atoms with Crippen molar-refractivity contribution in [1.29, 1.82) is 0 Å². The van der Waals surface area contributed by atoms with Gasteiger partial charge in [0.25, 0.3) is 15.9 Å². The van der Waals surface area contributed by atoms with Gasteiger partial charge in [-0.25, -0.2) is 8.42 Å². The van der Waals surface area contributed by atoms with Crippen molar-refractivity contribution in [2.45, 2.75) is 11.8 Å². The fourth-order valence-corrected chi connectivity index (χ4v) is 3.35. The molecule has 0 saturated carbocycles. The van der Waals surface area contributed by atoms with Crippen molar-refractivity contribution in [2.24, 2.45) is 0 Å². The van der Waals surface area contributed by atoms with Crippen molar-refractivity contribution in [3.8, 4) is 11.5 Å². The van der Waals surface area contributed by atoms with Crippen LogP contribution in [0.4, 0.5) is 11.5 Å². The number of anilines is 2. The number of methoxy groups -OCH3 is 1. The number of benzene rings is 2. The molecule has 0 saturated heterocycles. The lowest BCUT2D eigenvalue weighted by Crippen LogP contribution is -2.20. The van der Waals surface area contributed by atoms with E-state index in [2.05, 4.69) is 15.2 Å². The number of aromatic nitrogens is 1. The topological polar surface area (TPSA) is 120 Å². The summed E-state index contributed by atoms with van der Waals surface area (Å²) in [4.78, 5) is 12.1. The lowest BCUT2D eigenvalue weighted by Gasteiger charge is -2.09. The Morgan fingerprint density at radius 2 is 1.83 bits per heavy atom. The number of hydrogen-bond acceptors (Lipinski definition) is 7. The van der Waals surface area contributed by atoms with Crippen LogP contribution in [0.1, 0.15) is 5.76 Å².